The lowest BCUT2D eigenvalue weighted by Crippen LogP contribution is -2.18. The van der Waals surface area contributed by atoms with Gasteiger partial charge in [-0.1, -0.05) is 202 Å². The van der Waals surface area contributed by atoms with Gasteiger partial charge >= 0.3 is 0 Å². The van der Waals surface area contributed by atoms with E-state index in [-0.39, 0.29) is 5.41 Å². The Labute approximate surface area is 426 Å². The first kappa shape index (κ1) is 41.8. The molecule has 0 bridgehead atoms. The Balaban J connectivity index is 1.08. The highest BCUT2D eigenvalue weighted by atomic mass is 15.2. The van der Waals surface area contributed by atoms with Crippen LogP contribution in [0, 0.1) is 0 Å². The van der Waals surface area contributed by atoms with E-state index >= 15 is 0 Å². The lowest BCUT2D eigenvalue weighted by molar-refractivity contribution is 0.660. The van der Waals surface area contributed by atoms with Crippen LogP contribution >= 0.6 is 0 Å². The van der Waals surface area contributed by atoms with Crippen molar-refractivity contribution >= 4 is 66.4 Å². The zero-order valence-corrected chi connectivity index (χ0v) is 40.9. The topological polar surface area (TPSA) is 6.48 Å². The van der Waals surface area contributed by atoms with Crippen molar-refractivity contribution in [2.75, 3.05) is 9.80 Å². The van der Waals surface area contributed by atoms with Gasteiger partial charge in [0.2, 0.25) is 0 Å². The summed E-state index contributed by atoms with van der Waals surface area (Å²) < 4.78 is 0. The Hall–Kier alpha value is -8.98. The zero-order chi connectivity index (χ0) is 48.4. The first-order chi connectivity index (χ1) is 36.0. The summed E-state index contributed by atoms with van der Waals surface area (Å²) >= 11 is 0. The van der Waals surface area contributed by atoms with Gasteiger partial charge in [-0.05, 0) is 165 Å². The summed E-state index contributed by atoms with van der Waals surface area (Å²) in [4.78, 5) is 5.00. The van der Waals surface area contributed by atoms with E-state index in [1.54, 1.807) is 0 Å². The predicted octanol–water partition coefficient (Wildman–Crippen LogP) is 19.2. The van der Waals surface area contributed by atoms with Crippen molar-refractivity contribution in [3.05, 3.63) is 276 Å². The second-order valence-corrected chi connectivity index (χ2v) is 20.8. The van der Waals surface area contributed by atoms with Gasteiger partial charge in [0.1, 0.15) is 0 Å². The molecule has 12 aromatic carbocycles. The van der Waals surface area contributed by atoms with Crippen molar-refractivity contribution < 1.29 is 0 Å². The van der Waals surface area contributed by atoms with Gasteiger partial charge in [0.15, 0.2) is 0 Å². The molecular weight excluding hydrogens is 881 g/mol. The average Bonchev–Trinajstić information content (AvgIpc) is 3.67. The van der Waals surface area contributed by atoms with Crippen LogP contribution in [0.5, 0.6) is 0 Å². The van der Waals surface area contributed by atoms with E-state index in [4.69, 9.17) is 0 Å². The van der Waals surface area contributed by atoms with Gasteiger partial charge < -0.3 is 9.80 Å². The van der Waals surface area contributed by atoms with Gasteiger partial charge in [-0.3, -0.25) is 0 Å². The lowest BCUT2D eigenvalue weighted by Gasteiger charge is -2.34. The summed E-state index contributed by atoms with van der Waals surface area (Å²) in [6.45, 7) is 4.80. The maximum absolute atomic E-state index is 2.52. The molecular formula is C71H50N2. The molecule has 0 atom stereocenters. The van der Waals surface area contributed by atoms with Crippen LogP contribution in [0.4, 0.5) is 34.1 Å². The molecule has 0 unspecified atom stereocenters. The number of anilines is 6. The third-order valence-corrected chi connectivity index (χ3v) is 16.4. The Kier molecular flexibility index (Phi) is 9.16. The molecule has 344 valence electrons. The van der Waals surface area contributed by atoms with E-state index in [0.29, 0.717) is 0 Å². The summed E-state index contributed by atoms with van der Waals surface area (Å²) in [5.74, 6) is 0. The van der Waals surface area contributed by atoms with Gasteiger partial charge in [-0.25, -0.2) is 0 Å². The molecule has 0 saturated carbocycles. The quantitative estimate of drug-likeness (QED) is 0.159. The monoisotopic (exact) mass is 930 g/mol. The molecule has 0 spiro atoms. The van der Waals surface area contributed by atoms with Gasteiger partial charge in [0, 0.05) is 52.4 Å². The molecule has 0 N–H and O–H groups in total. The standard InChI is InChI=1S/C71H50N2/c1-71(2)63-27-13-12-26-56(63)57-35-32-50(42-64(57)71)69-59-36-33-52(73-67-30-16-8-22-48(67)41-49-23-9-17-31-68(49)73)44-62(59)70(58-39-38-53(45-18-4-3-5-19-45)54-24-10-11-25-55(54)58)60-37-34-51(43-61(60)69)72-65-28-14-6-20-46(65)40-47-21-7-15-29-66(47)72/h3-39,42-44H,40-41H2,1-2H3. The van der Waals surface area contributed by atoms with Crippen LogP contribution in [0.2, 0.25) is 0 Å². The molecule has 73 heavy (non-hydrogen) atoms. The number of fused-ring (bicyclic) bond motifs is 10. The normalized spacial score (nSPS) is 13.8. The highest BCUT2D eigenvalue weighted by molar-refractivity contribution is 6.25. The molecule has 0 aromatic heterocycles. The van der Waals surface area contributed by atoms with Crippen molar-refractivity contribution in [1.82, 2.24) is 0 Å². The largest absolute Gasteiger partial charge is 0.310 e. The van der Waals surface area contributed by atoms with Gasteiger partial charge in [-0.15, -0.1) is 0 Å². The number of para-hydroxylation sites is 4. The molecule has 2 aliphatic heterocycles. The predicted molar refractivity (Wildman–Crippen MR) is 308 cm³/mol. The van der Waals surface area contributed by atoms with Crippen LogP contribution in [-0.4, -0.2) is 0 Å². The fourth-order valence-electron chi connectivity index (χ4n) is 13.1. The third kappa shape index (κ3) is 6.30. The molecule has 0 radical (unpaired) electrons. The fourth-order valence-corrected chi connectivity index (χ4v) is 13.1. The molecule has 0 amide bonds. The number of rotatable bonds is 5. The Bertz CT molecular complexity index is 4160. The fraction of sp³-hybridized carbons (Fsp3) is 0.0704. The summed E-state index contributed by atoms with van der Waals surface area (Å²) in [5, 5.41) is 7.38. The van der Waals surface area contributed by atoms with E-state index < -0.39 is 0 Å². The Morgan fingerprint density at radius 1 is 0.288 bits per heavy atom. The molecule has 12 aromatic rings. The molecule has 15 rings (SSSR count). The SMILES string of the molecule is CC1(C)c2ccccc2-c2ccc(-c3c4cc(N5c6ccccc6Cc6ccccc65)ccc4c(-c4ccc(-c5ccccc5)c5ccccc45)c4cc(N5c6ccccc6Cc6ccccc65)ccc34)cc21. The van der Waals surface area contributed by atoms with E-state index in [2.05, 4.69) is 266 Å². The smallest absolute Gasteiger partial charge is 0.0497 e. The van der Waals surface area contributed by atoms with Crippen LogP contribution in [0.3, 0.4) is 0 Å². The van der Waals surface area contributed by atoms with Crippen molar-refractivity contribution in [2.45, 2.75) is 32.1 Å². The van der Waals surface area contributed by atoms with Crippen LogP contribution in [0.25, 0.3) is 76.8 Å². The molecule has 0 saturated heterocycles. The minimum Gasteiger partial charge on any atom is -0.310 e. The molecule has 1 aliphatic carbocycles. The second-order valence-electron chi connectivity index (χ2n) is 20.8. The first-order valence-electron chi connectivity index (χ1n) is 25.8. The van der Waals surface area contributed by atoms with Crippen LogP contribution in [0.1, 0.15) is 47.2 Å². The second kappa shape index (κ2) is 16.0. The van der Waals surface area contributed by atoms with Crippen LogP contribution < -0.4 is 9.80 Å². The minimum atomic E-state index is -0.165. The highest BCUT2D eigenvalue weighted by Gasteiger charge is 2.36. The van der Waals surface area contributed by atoms with Crippen molar-refractivity contribution in [3.8, 4) is 44.5 Å². The average molecular weight is 931 g/mol. The first-order valence-corrected chi connectivity index (χ1v) is 25.8. The summed E-state index contributed by atoms with van der Waals surface area (Å²) in [7, 11) is 0. The van der Waals surface area contributed by atoms with E-state index in [0.717, 1.165) is 24.2 Å². The number of hydrogen-bond acceptors (Lipinski definition) is 2. The van der Waals surface area contributed by atoms with Crippen molar-refractivity contribution in [1.29, 1.82) is 0 Å². The number of hydrogen-bond donors (Lipinski definition) is 0. The maximum atomic E-state index is 2.52. The molecule has 3 aliphatic rings. The van der Waals surface area contributed by atoms with Crippen LogP contribution in [-0.2, 0) is 18.3 Å². The summed E-state index contributed by atoms with van der Waals surface area (Å²) in [6.07, 6.45) is 1.81. The minimum absolute atomic E-state index is 0.165. The van der Waals surface area contributed by atoms with Gasteiger partial charge in [-0.2, -0.15) is 0 Å². The number of benzene rings is 12. The number of nitrogens with zero attached hydrogens (tertiary/aromatic N) is 2. The Morgan fingerprint density at radius 3 is 1.32 bits per heavy atom. The van der Waals surface area contributed by atoms with Crippen LogP contribution in [0.15, 0.2) is 243 Å². The van der Waals surface area contributed by atoms with Crippen molar-refractivity contribution in [2.24, 2.45) is 0 Å². The van der Waals surface area contributed by atoms with E-state index in [9.17, 15) is 0 Å². The van der Waals surface area contributed by atoms with Crippen molar-refractivity contribution in [3.63, 3.8) is 0 Å². The van der Waals surface area contributed by atoms with Gasteiger partial charge in [0.25, 0.3) is 0 Å². The third-order valence-electron chi connectivity index (χ3n) is 16.4. The molecule has 0 fully saturated rings. The lowest BCUT2D eigenvalue weighted by atomic mass is 9.80. The highest BCUT2D eigenvalue weighted by Crippen LogP contribution is 2.55. The Morgan fingerprint density at radius 2 is 0.726 bits per heavy atom. The van der Waals surface area contributed by atoms with E-state index in [1.165, 1.54) is 133 Å². The summed E-state index contributed by atoms with van der Waals surface area (Å²) in [6, 6.07) is 91.4. The molecule has 2 nitrogen and oxygen atoms in total. The molecule has 2 heteroatoms. The van der Waals surface area contributed by atoms with E-state index in [1.807, 2.05) is 0 Å². The zero-order valence-electron chi connectivity index (χ0n) is 40.9. The van der Waals surface area contributed by atoms with Gasteiger partial charge in [0.05, 0.1) is 0 Å². The molecule has 2 heterocycles. The summed E-state index contributed by atoms with van der Waals surface area (Å²) in [5.41, 5.74) is 25.2. The maximum Gasteiger partial charge on any atom is 0.0497 e.